The molecule has 2 N–H and O–H groups in total. The molecule has 0 radical (unpaired) electrons. The number of aromatic carboxylic acids is 1. The van der Waals surface area contributed by atoms with E-state index >= 15 is 0 Å². The minimum atomic E-state index is -1.25. The number of rotatable bonds is 7. The molecule has 3 heterocycles. The SMILES string of the molecule is CCOc1cccc(CN2[C@H]3CN(c4ccc(C(=O)O)cc4)C(=O)[C@H]3[C@H](c3cccc(Cl)c3)[C@]23C(=O)Nc2cc(Cl)ccc23)c1. The van der Waals surface area contributed by atoms with Crippen LogP contribution in [0.3, 0.4) is 0 Å². The zero-order valence-corrected chi connectivity index (χ0v) is 25.8. The van der Waals surface area contributed by atoms with Crippen molar-refractivity contribution in [2.75, 3.05) is 23.4 Å². The number of nitrogens with one attached hydrogen (secondary N) is 1. The standard InChI is InChI=1S/C35H29Cl2N3O5/c1-2-45-26-8-3-5-20(15-26)18-40-29-19-39(25-12-9-21(10-13-25)33(42)43)32(41)30(29)31(22-6-4-7-23(36)16-22)35(40)27-14-11-24(37)17-28(27)38-34(35)44/h3-17,29-31H,2,18-19H2,1H3,(H,38,44)(H,42,43)/t29-,30+,31-,35+/m0/s1. The fraction of sp³-hybridized carbons (Fsp3) is 0.229. The lowest BCUT2D eigenvalue weighted by Crippen LogP contribution is -2.53. The zero-order chi connectivity index (χ0) is 31.5. The second-order valence-electron chi connectivity index (χ2n) is 11.5. The van der Waals surface area contributed by atoms with Crippen LogP contribution in [0.25, 0.3) is 0 Å². The van der Waals surface area contributed by atoms with Gasteiger partial charge >= 0.3 is 5.97 Å². The number of ether oxygens (including phenoxy) is 1. The van der Waals surface area contributed by atoms with Crippen LogP contribution in [0.15, 0.2) is 91.0 Å². The number of carboxylic acids is 1. The van der Waals surface area contributed by atoms with Crippen molar-refractivity contribution in [3.8, 4) is 5.75 Å². The summed E-state index contributed by atoms with van der Waals surface area (Å²) < 4.78 is 5.80. The summed E-state index contributed by atoms with van der Waals surface area (Å²) in [6.45, 7) is 3.10. The van der Waals surface area contributed by atoms with Crippen LogP contribution in [-0.2, 0) is 21.7 Å². The number of hydrogen-bond acceptors (Lipinski definition) is 5. The Morgan fingerprint density at radius 1 is 0.978 bits per heavy atom. The van der Waals surface area contributed by atoms with Gasteiger partial charge in [-0.15, -0.1) is 0 Å². The number of halogens is 2. The molecule has 228 valence electrons. The van der Waals surface area contributed by atoms with Crippen LogP contribution in [0.4, 0.5) is 11.4 Å². The molecule has 0 bridgehead atoms. The van der Waals surface area contributed by atoms with E-state index in [9.17, 15) is 19.5 Å². The number of benzene rings is 4. The average Bonchev–Trinajstić information content (AvgIpc) is 3.60. The predicted molar refractivity (Wildman–Crippen MR) is 172 cm³/mol. The van der Waals surface area contributed by atoms with Crippen molar-refractivity contribution in [1.29, 1.82) is 0 Å². The Labute approximate surface area is 270 Å². The van der Waals surface area contributed by atoms with Gasteiger partial charge in [0.2, 0.25) is 11.8 Å². The van der Waals surface area contributed by atoms with Crippen LogP contribution in [0, 0.1) is 5.92 Å². The monoisotopic (exact) mass is 641 g/mol. The number of carbonyl (C=O) groups is 3. The van der Waals surface area contributed by atoms with E-state index in [0.717, 1.165) is 22.4 Å². The minimum absolute atomic E-state index is 0.134. The van der Waals surface area contributed by atoms with Gasteiger partial charge in [-0.3, -0.25) is 14.5 Å². The van der Waals surface area contributed by atoms with E-state index in [1.54, 1.807) is 35.2 Å². The topological polar surface area (TPSA) is 99.2 Å². The first-order valence-corrected chi connectivity index (χ1v) is 15.5. The van der Waals surface area contributed by atoms with Gasteiger partial charge in [0.05, 0.1) is 18.1 Å². The van der Waals surface area contributed by atoms with Crippen LogP contribution >= 0.6 is 23.2 Å². The molecule has 4 atom stereocenters. The lowest BCUT2D eigenvalue weighted by atomic mass is 9.71. The predicted octanol–water partition coefficient (Wildman–Crippen LogP) is 6.57. The Morgan fingerprint density at radius 2 is 1.73 bits per heavy atom. The van der Waals surface area contributed by atoms with Crippen molar-refractivity contribution >= 4 is 52.4 Å². The van der Waals surface area contributed by atoms with Crippen LogP contribution in [0.2, 0.25) is 10.0 Å². The van der Waals surface area contributed by atoms with Crippen LogP contribution in [0.5, 0.6) is 5.75 Å². The van der Waals surface area contributed by atoms with Gasteiger partial charge in [-0.25, -0.2) is 4.79 Å². The molecule has 3 aliphatic heterocycles. The van der Waals surface area contributed by atoms with Crippen molar-refractivity contribution in [2.24, 2.45) is 5.92 Å². The molecule has 0 saturated carbocycles. The third-order valence-corrected chi connectivity index (χ3v) is 9.65. The molecular weight excluding hydrogens is 613 g/mol. The van der Waals surface area contributed by atoms with E-state index < -0.39 is 23.3 Å². The maximum Gasteiger partial charge on any atom is 0.335 e. The van der Waals surface area contributed by atoms with E-state index in [0.29, 0.717) is 41.1 Å². The molecule has 2 fully saturated rings. The second kappa shape index (κ2) is 11.2. The molecule has 2 saturated heterocycles. The van der Waals surface area contributed by atoms with Gasteiger partial charge in [-0.2, -0.15) is 0 Å². The molecule has 10 heteroatoms. The van der Waals surface area contributed by atoms with E-state index in [4.69, 9.17) is 27.9 Å². The van der Waals surface area contributed by atoms with E-state index in [1.807, 2.05) is 55.5 Å². The maximum absolute atomic E-state index is 14.6. The number of nitrogens with zero attached hydrogens (tertiary/aromatic N) is 2. The van der Waals surface area contributed by atoms with Gasteiger partial charge in [-0.1, -0.05) is 53.5 Å². The molecule has 4 aromatic carbocycles. The molecule has 7 rings (SSSR count). The highest BCUT2D eigenvalue weighted by molar-refractivity contribution is 6.31. The zero-order valence-electron chi connectivity index (χ0n) is 24.2. The van der Waals surface area contributed by atoms with Gasteiger partial charge in [0.15, 0.2) is 0 Å². The van der Waals surface area contributed by atoms with E-state index in [-0.39, 0.29) is 23.4 Å². The Morgan fingerprint density at radius 3 is 2.47 bits per heavy atom. The van der Waals surface area contributed by atoms with Crippen molar-refractivity contribution in [2.45, 2.75) is 31.0 Å². The van der Waals surface area contributed by atoms with Crippen molar-refractivity contribution in [3.05, 3.63) is 123 Å². The maximum atomic E-state index is 14.6. The summed E-state index contributed by atoms with van der Waals surface area (Å²) in [5.74, 6) is -1.92. The van der Waals surface area contributed by atoms with Gasteiger partial charge in [-0.05, 0) is 78.7 Å². The highest BCUT2D eigenvalue weighted by Crippen LogP contribution is 2.62. The van der Waals surface area contributed by atoms with Crippen LogP contribution in [-0.4, -0.2) is 47.0 Å². The minimum Gasteiger partial charge on any atom is -0.494 e. The highest BCUT2D eigenvalue weighted by Gasteiger charge is 2.70. The van der Waals surface area contributed by atoms with Crippen molar-refractivity contribution in [3.63, 3.8) is 0 Å². The molecule has 3 aliphatic rings. The molecule has 0 aromatic heterocycles. The number of amides is 2. The molecule has 4 aromatic rings. The molecule has 2 amide bonds. The molecular formula is C35H29Cl2N3O5. The average molecular weight is 643 g/mol. The van der Waals surface area contributed by atoms with Crippen LogP contribution in [0.1, 0.15) is 39.9 Å². The molecule has 45 heavy (non-hydrogen) atoms. The van der Waals surface area contributed by atoms with Crippen molar-refractivity contribution < 1.29 is 24.2 Å². The van der Waals surface area contributed by atoms with Crippen molar-refractivity contribution in [1.82, 2.24) is 4.90 Å². The Bertz CT molecular complexity index is 1850. The smallest absolute Gasteiger partial charge is 0.335 e. The molecule has 8 nitrogen and oxygen atoms in total. The fourth-order valence-corrected chi connectivity index (χ4v) is 7.85. The summed E-state index contributed by atoms with van der Waals surface area (Å²) in [5, 5.41) is 13.5. The van der Waals surface area contributed by atoms with Gasteiger partial charge in [0.25, 0.3) is 0 Å². The number of carbonyl (C=O) groups excluding carboxylic acids is 2. The summed E-state index contributed by atoms with van der Waals surface area (Å²) in [4.78, 5) is 44.5. The number of carboxylic acid groups (broad SMARTS) is 1. The molecule has 0 unspecified atom stereocenters. The number of fused-ring (bicyclic) bond motifs is 3. The summed E-state index contributed by atoms with van der Waals surface area (Å²) in [7, 11) is 0. The summed E-state index contributed by atoms with van der Waals surface area (Å²) in [6, 6.07) is 26.5. The summed E-state index contributed by atoms with van der Waals surface area (Å²) in [5.41, 5.74) is 2.55. The first kappa shape index (κ1) is 29.3. The Balaban J connectivity index is 1.43. The second-order valence-corrected chi connectivity index (χ2v) is 12.4. The van der Waals surface area contributed by atoms with Gasteiger partial charge in [0, 0.05) is 52.0 Å². The largest absolute Gasteiger partial charge is 0.494 e. The summed E-state index contributed by atoms with van der Waals surface area (Å²) in [6.07, 6.45) is 0. The number of hydrogen-bond donors (Lipinski definition) is 2. The van der Waals surface area contributed by atoms with Gasteiger partial charge in [0.1, 0.15) is 11.3 Å². The highest BCUT2D eigenvalue weighted by atomic mass is 35.5. The quantitative estimate of drug-likeness (QED) is 0.237. The lowest BCUT2D eigenvalue weighted by molar-refractivity contribution is -0.128. The normalized spacial score (nSPS) is 23.7. The third kappa shape index (κ3) is 4.67. The number of likely N-dealkylation sites (tertiary alicyclic amines) is 1. The van der Waals surface area contributed by atoms with E-state index in [1.165, 1.54) is 12.1 Å². The summed E-state index contributed by atoms with van der Waals surface area (Å²) >= 11 is 12.9. The Kier molecular flexibility index (Phi) is 7.31. The lowest BCUT2D eigenvalue weighted by Gasteiger charge is -2.41. The molecule has 0 aliphatic carbocycles. The molecule has 1 spiro atoms. The first-order chi connectivity index (χ1) is 21.7. The Hall–Kier alpha value is -4.37. The van der Waals surface area contributed by atoms with Crippen LogP contribution < -0.4 is 15.0 Å². The fourth-order valence-electron chi connectivity index (χ4n) is 7.48. The third-order valence-electron chi connectivity index (χ3n) is 9.18. The first-order valence-electron chi connectivity index (χ1n) is 14.7. The van der Waals surface area contributed by atoms with Gasteiger partial charge < -0.3 is 20.1 Å². The number of anilines is 2. The van der Waals surface area contributed by atoms with E-state index in [2.05, 4.69) is 10.2 Å².